The number of thioether (sulfide) groups is 1. The van der Waals surface area contributed by atoms with Crippen molar-refractivity contribution in [2.24, 2.45) is 0 Å². The van der Waals surface area contributed by atoms with E-state index in [1.165, 1.54) is 17.3 Å². The Morgan fingerprint density at radius 3 is 2.43 bits per heavy atom. The molecule has 0 saturated heterocycles. The van der Waals surface area contributed by atoms with Crippen molar-refractivity contribution in [1.29, 1.82) is 5.41 Å². The van der Waals surface area contributed by atoms with Crippen molar-refractivity contribution in [2.75, 3.05) is 0 Å². The second-order valence-corrected chi connectivity index (χ2v) is 5.68. The van der Waals surface area contributed by atoms with E-state index >= 15 is 0 Å². The summed E-state index contributed by atoms with van der Waals surface area (Å²) in [4.78, 5) is 0. The van der Waals surface area contributed by atoms with Gasteiger partial charge >= 0.3 is 0 Å². The summed E-state index contributed by atoms with van der Waals surface area (Å²) >= 11 is 12.9. The molecule has 4 heteroatoms. The van der Waals surface area contributed by atoms with Gasteiger partial charge in [-0.05, 0) is 12.5 Å². The van der Waals surface area contributed by atoms with Gasteiger partial charge in [0.25, 0.3) is 0 Å². The number of benzene rings is 1. The van der Waals surface area contributed by atoms with Gasteiger partial charge in [-0.3, -0.25) is 5.41 Å². The molecule has 0 spiro atoms. The maximum absolute atomic E-state index is 7.59. The van der Waals surface area contributed by atoms with Gasteiger partial charge in [0.15, 0.2) is 4.33 Å². The molecule has 0 heterocycles. The molecule has 0 atom stereocenters. The summed E-state index contributed by atoms with van der Waals surface area (Å²) in [6.45, 7) is 1.61. The van der Waals surface area contributed by atoms with Crippen molar-refractivity contribution in [3.8, 4) is 0 Å². The Labute approximate surface area is 98.3 Å². The van der Waals surface area contributed by atoms with Gasteiger partial charge in [0.1, 0.15) is 5.04 Å². The van der Waals surface area contributed by atoms with Crippen LogP contribution in [-0.4, -0.2) is 9.38 Å². The minimum Gasteiger partial charge on any atom is -0.295 e. The number of nitrogens with one attached hydrogen (secondary N) is 1. The average Bonchev–Trinajstić information content (AvgIpc) is 2.14. The summed E-state index contributed by atoms with van der Waals surface area (Å²) in [5, 5.41) is 7.87. The highest BCUT2D eigenvalue weighted by Gasteiger charge is 2.23. The van der Waals surface area contributed by atoms with Crippen LogP contribution in [0.3, 0.4) is 0 Å². The molecule has 0 unspecified atom stereocenters. The largest absolute Gasteiger partial charge is 0.295 e. The van der Waals surface area contributed by atoms with Crippen LogP contribution in [0.4, 0.5) is 0 Å². The summed E-state index contributed by atoms with van der Waals surface area (Å²) in [6, 6.07) is 9.94. The number of hydrogen-bond donors (Lipinski definition) is 1. The molecule has 1 N–H and O–H groups in total. The SMILES string of the molecule is CC(Cl)(Cl)C(=N)SCc1ccccc1. The van der Waals surface area contributed by atoms with Crippen LogP contribution in [0, 0.1) is 5.41 Å². The lowest BCUT2D eigenvalue weighted by Crippen LogP contribution is -2.17. The highest BCUT2D eigenvalue weighted by molar-refractivity contribution is 8.13. The minimum absolute atomic E-state index is 0.282. The molecule has 0 aliphatic heterocycles. The van der Waals surface area contributed by atoms with E-state index in [1.54, 1.807) is 6.92 Å². The second kappa shape index (κ2) is 5.06. The van der Waals surface area contributed by atoms with Crippen LogP contribution in [0.1, 0.15) is 12.5 Å². The fraction of sp³-hybridized carbons (Fsp3) is 0.300. The lowest BCUT2D eigenvalue weighted by atomic mass is 10.2. The van der Waals surface area contributed by atoms with Crippen LogP contribution < -0.4 is 0 Å². The quantitative estimate of drug-likeness (QED) is 0.486. The molecule has 14 heavy (non-hydrogen) atoms. The predicted octanol–water partition coefficient (Wildman–Crippen LogP) is 4.09. The molecule has 1 nitrogen and oxygen atoms in total. The maximum atomic E-state index is 7.59. The monoisotopic (exact) mass is 247 g/mol. The van der Waals surface area contributed by atoms with Crippen molar-refractivity contribution in [2.45, 2.75) is 17.0 Å². The molecule has 0 aliphatic carbocycles. The first-order valence-corrected chi connectivity index (χ1v) is 5.88. The molecule has 1 aromatic carbocycles. The predicted molar refractivity (Wildman–Crippen MR) is 65.6 cm³/mol. The topological polar surface area (TPSA) is 23.9 Å². The first kappa shape index (κ1) is 11.9. The van der Waals surface area contributed by atoms with Gasteiger partial charge in [0.2, 0.25) is 0 Å². The highest BCUT2D eigenvalue weighted by atomic mass is 35.5. The zero-order chi connectivity index (χ0) is 10.6. The molecule has 0 bridgehead atoms. The normalized spacial score (nSPS) is 11.4. The Morgan fingerprint density at radius 1 is 1.36 bits per heavy atom. The van der Waals surface area contributed by atoms with Crippen molar-refractivity contribution in [1.82, 2.24) is 0 Å². The van der Waals surface area contributed by atoms with Crippen LogP contribution >= 0.6 is 35.0 Å². The standard InChI is InChI=1S/C10H11Cl2NS/c1-10(11,12)9(13)14-7-8-5-3-2-4-6-8/h2-6,13H,7H2,1H3. The van der Waals surface area contributed by atoms with E-state index in [9.17, 15) is 0 Å². The summed E-state index contributed by atoms with van der Waals surface area (Å²) < 4.78 is -1.07. The van der Waals surface area contributed by atoms with E-state index in [-0.39, 0.29) is 5.04 Å². The highest BCUT2D eigenvalue weighted by Crippen LogP contribution is 2.28. The number of alkyl halides is 2. The average molecular weight is 248 g/mol. The van der Waals surface area contributed by atoms with E-state index in [0.717, 1.165) is 5.75 Å². The maximum Gasteiger partial charge on any atom is 0.162 e. The molecule has 0 aliphatic rings. The summed E-state index contributed by atoms with van der Waals surface area (Å²) in [5.41, 5.74) is 1.17. The van der Waals surface area contributed by atoms with Crippen LogP contribution in [-0.2, 0) is 5.75 Å². The van der Waals surface area contributed by atoms with E-state index < -0.39 is 4.33 Å². The zero-order valence-corrected chi connectivity index (χ0v) is 10.1. The van der Waals surface area contributed by atoms with Crippen LogP contribution in [0.5, 0.6) is 0 Å². The van der Waals surface area contributed by atoms with Crippen LogP contribution in [0.25, 0.3) is 0 Å². The third-order valence-electron chi connectivity index (χ3n) is 1.62. The fourth-order valence-electron chi connectivity index (χ4n) is 0.856. The van der Waals surface area contributed by atoms with E-state index in [4.69, 9.17) is 28.6 Å². The Kier molecular flexibility index (Phi) is 4.30. The summed E-state index contributed by atoms with van der Waals surface area (Å²) in [6.07, 6.45) is 0. The van der Waals surface area contributed by atoms with Gasteiger partial charge in [0.05, 0.1) is 0 Å². The molecule has 0 radical (unpaired) electrons. The molecule has 0 saturated carbocycles. The Hall–Kier alpha value is -0.180. The van der Waals surface area contributed by atoms with E-state index in [2.05, 4.69) is 0 Å². The molecular weight excluding hydrogens is 237 g/mol. The van der Waals surface area contributed by atoms with Gasteiger partial charge in [0, 0.05) is 5.75 Å². The number of hydrogen-bond acceptors (Lipinski definition) is 2. The Bertz CT molecular complexity index is 306. The van der Waals surface area contributed by atoms with Gasteiger partial charge < -0.3 is 0 Å². The minimum atomic E-state index is -1.07. The molecule has 1 rings (SSSR count). The third kappa shape index (κ3) is 3.91. The van der Waals surface area contributed by atoms with Gasteiger partial charge in [-0.25, -0.2) is 0 Å². The van der Waals surface area contributed by atoms with Crippen molar-refractivity contribution in [3.05, 3.63) is 35.9 Å². The molecule has 76 valence electrons. The van der Waals surface area contributed by atoms with Crippen molar-refractivity contribution >= 4 is 40.0 Å². The summed E-state index contributed by atoms with van der Waals surface area (Å²) in [7, 11) is 0. The van der Waals surface area contributed by atoms with Crippen LogP contribution in [0.2, 0.25) is 0 Å². The molecule has 1 aromatic rings. The Morgan fingerprint density at radius 2 is 1.93 bits per heavy atom. The first-order chi connectivity index (χ1) is 6.50. The lowest BCUT2D eigenvalue weighted by Gasteiger charge is -2.13. The lowest BCUT2D eigenvalue weighted by molar-refractivity contribution is 1.18. The third-order valence-corrected chi connectivity index (χ3v) is 3.40. The van der Waals surface area contributed by atoms with Gasteiger partial charge in [-0.2, -0.15) is 0 Å². The van der Waals surface area contributed by atoms with Crippen molar-refractivity contribution < 1.29 is 0 Å². The smallest absolute Gasteiger partial charge is 0.162 e. The Balaban J connectivity index is 2.46. The zero-order valence-electron chi connectivity index (χ0n) is 7.76. The molecular formula is C10H11Cl2NS. The van der Waals surface area contributed by atoms with E-state index in [0.29, 0.717) is 0 Å². The molecule has 0 amide bonds. The fourth-order valence-corrected chi connectivity index (χ4v) is 1.94. The van der Waals surface area contributed by atoms with Gasteiger partial charge in [-0.1, -0.05) is 53.5 Å². The molecule has 0 fully saturated rings. The number of rotatable bonds is 3. The second-order valence-electron chi connectivity index (χ2n) is 2.99. The molecule has 0 aromatic heterocycles. The van der Waals surface area contributed by atoms with Gasteiger partial charge in [-0.15, -0.1) is 11.8 Å². The van der Waals surface area contributed by atoms with Crippen molar-refractivity contribution in [3.63, 3.8) is 0 Å². The first-order valence-electron chi connectivity index (χ1n) is 4.14. The summed E-state index contributed by atoms with van der Waals surface area (Å²) in [5.74, 6) is 0.731. The van der Waals surface area contributed by atoms with Crippen LogP contribution in [0.15, 0.2) is 30.3 Å². The number of halogens is 2. The van der Waals surface area contributed by atoms with E-state index in [1.807, 2.05) is 30.3 Å².